The van der Waals surface area contributed by atoms with E-state index in [0.29, 0.717) is 6.61 Å². The van der Waals surface area contributed by atoms with Crippen molar-refractivity contribution in [2.75, 3.05) is 20.3 Å². The van der Waals surface area contributed by atoms with Crippen LogP contribution in [-0.4, -0.2) is 29.8 Å². The van der Waals surface area contributed by atoms with Crippen LogP contribution < -0.4 is 14.8 Å². The van der Waals surface area contributed by atoms with E-state index >= 15 is 0 Å². The number of methoxy groups -OCH3 is 1. The Kier molecular flexibility index (Phi) is 5.63. The van der Waals surface area contributed by atoms with Crippen molar-refractivity contribution in [3.8, 4) is 11.5 Å². The minimum absolute atomic E-state index is 0.631. The van der Waals surface area contributed by atoms with Gasteiger partial charge >= 0.3 is 0 Å². The van der Waals surface area contributed by atoms with E-state index < -0.39 is 0 Å². The summed E-state index contributed by atoms with van der Waals surface area (Å²) in [4.78, 5) is 4.31. The van der Waals surface area contributed by atoms with E-state index in [0.717, 1.165) is 42.4 Å². The third-order valence-electron chi connectivity index (χ3n) is 3.33. The summed E-state index contributed by atoms with van der Waals surface area (Å²) in [6.45, 7) is 4.21. The van der Waals surface area contributed by atoms with Crippen molar-refractivity contribution in [2.24, 2.45) is 7.05 Å². The lowest BCUT2D eigenvalue weighted by Crippen LogP contribution is -2.18. The van der Waals surface area contributed by atoms with Crippen LogP contribution in [0.15, 0.2) is 30.6 Å². The summed E-state index contributed by atoms with van der Waals surface area (Å²) < 4.78 is 13.1. The summed E-state index contributed by atoms with van der Waals surface area (Å²) in [5, 5.41) is 3.42. The molecular formula is C16H23N3O2. The van der Waals surface area contributed by atoms with E-state index in [-0.39, 0.29) is 0 Å². The summed E-state index contributed by atoms with van der Waals surface area (Å²) >= 11 is 0. The minimum atomic E-state index is 0.631. The van der Waals surface area contributed by atoms with Crippen LogP contribution in [0.3, 0.4) is 0 Å². The molecule has 0 bridgehead atoms. The van der Waals surface area contributed by atoms with Gasteiger partial charge in [0, 0.05) is 44.5 Å². The minimum Gasteiger partial charge on any atom is -0.493 e. The molecule has 0 aliphatic heterocycles. The second-order valence-electron chi connectivity index (χ2n) is 4.76. The number of aryl methyl sites for hydroxylation is 1. The number of rotatable bonds is 8. The molecule has 0 spiro atoms. The Balaban J connectivity index is 1.90. The predicted octanol–water partition coefficient (Wildman–Crippen LogP) is 2.16. The van der Waals surface area contributed by atoms with Crippen molar-refractivity contribution in [1.82, 2.24) is 14.9 Å². The fourth-order valence-corrected chi connectivity index (χ4v) is 2.26. The quantitative estimate of drug-likeness (QED) is 0.757. The fraction of sp³-hybridized carbons (Fsp3) is 0.438. The highest BCUT2D eigenvalue weighted by atomic mass is 16.5. The molecule has 1 N–H and O–H groups in total. The van der Waals surface area contributed by atoms with E-state index in [1.807, 2.05) is 43.1 Å². The maximum Gasteiger partial charge on any atom is 0.165 e. The van der Waals surface area contributed by atoms with Gasteiger partial charge in [0.15, 0.2) is 11.5 Å². The average Bonchev–Trinajstić information content (AvgIpc) is 2.89. The summed E-state index contributed by atoms with van der Waals surface area (Å²) in [6, 6.07) is 5.97. The van der Waals surface area contributed by atoms with Crippen molar-refractivity contribution in [3.63, 3.8) is 0 Å². The zero-order valence-corrected chi connectivity index (χ0v) is 12.9. The third-order valence-corrected chi connectivity index (χ3v) is 3.33. The fourth-order valence-electron chi connectivity index (χ4n) is 2.26. The van der Waals surface area contributed by atoms with Crippen LogP contribution in [0, 0.1) is 0 Å². The van der Waals surface area contributed by atoms with E-state index in [9.17, 15) is 0 Å². The normalized spacial score (nSPS) is 10.6. The highest BCUT2D eigenvalue weighted by Gasteiger charge is 2.09. The molecule has 0 saturated heterocycles. The molecule has 0 saturated carbocycles. The average molecular weight is 289 g/mol. The number of aromatic nitrogens is 2. The molecule has 5 heteroatoms. The van der Waals surface area contributed by atoms with Gasteiger partial charge in [0.25, 0.3) is 0 Å². The van der Waals surface area contributed by atoms with E-state index in [1.165, 1.54) is 0 Å². The standard InChI is InChI=1S/C16H23N3O2/c1-4-21-14-7-5-6-13(16(14)20-3)12-17-9-8-15-18-10-11-19(15)2/h5-7,10-11,17H,4,8-9,12H2,1-3H3. The van der Waals surface area contributed by atoms with Crippen LogP contribution >= 0.6 is 0 Å². The van der Waals surface area contributed by atoms with Gasteiger partial charge in [-0.25, -0.2) is 4.98 Å². The first-order valence-corrected chi connectivity index (χ1v) is 7.21. The van der Waals surface area contributed by atoms with Crippen LogP contribution in [0.1, 0.15) is 18.3 Å². The smallest absolute Gasteiger partial charge is 0.165 e. The molecule has 2 rings (SSSR count). The molecule has 2 aromatic rings. The van der Waals surface area contributed by atoms with Gasteiger partial charge in [-0.2, -0.15) is 0 Å². The van der Waals surface area contributed by atoms with E-state index in [2.05, 4.69) is 16.4 Å². The Morgan fingerprint density at radius 2 is 2.19 bits per heavy atom. The predicted molar refractivity (Wildman–Crippen MR) is 82.8 cm³/mol. The number of nitrogens with zero attached hydrogens (tertiary/aromatic N) is 2. The number of hydrogen-bond acceptors (Lipinski definition) is 4. The first-order chi connectivity index (χ1) is 10.3. The van der Waals surface area contributed by atoms with Crippen molar-refractivity contribution >= 4 is 0 Å². The number of ether oxygens (including phenoxy) is 2. The Morgan fingerprint density at radius 3 is 2.86 bits per heavy atom. The van der Waals surface area contributed by atoms with Gasteiger partial charge in [-0.3, -0.25) is 0 Å². The maximum atomic E-state index is 5.58. The van der Waals surface area contributed by atoms with Crippen LogP contribution in [0.2, 0.25) is 0 Å². The van der Waals surface area contributed by atoms with Crippen LogP contribution in [0.4, 0.5) is 0 Å². The third kappa shape index (κ3) is 3.98. The molecule has 0 fully saturated rings. The van der Waals surface area contributed by atoms with Crippen molar-refractivity contribution < 1.29 is 9.47 Å². The molecule has 21 heavy (non-hydrogen) atoms. The lowest BCUT2D eigenvalue weighted by atomic mass is 10.2. The molecular weight excluding hydrogens is 266 g/mol. The SMILES string of the molecule is CCOc1cccc(CNCCc2nccn2C)c1OC. The molecule has 0 aliphatic rings. The Bertz CT molecular complexity index is 566. The number of benzene rings is 1. The maximum absolute atomic E-state index is 5.58. The van der Waals surface area contributed by atoms with Crippen LogP contribution in [-0.2, 0) is 20.0 Å². The summed E-state index contributed by atoms with van der Waals surface area (Å²) in [5.41, 5.74) is 1.10. The molecule has 0 atom stereocenters. The molecule has 1 heterocycles. The van der Waals surface area contributed by atoms with E-state index in [1.54, 1.807) is 7.11 Å². The Labute approximate surface area is 125 Å². The Hall–Kier alpha value is -2.01. The highest BCUT2D eigenvalue weighted by Crippen LogP contribution is 2.30. The number of imidazole rings is 1. The highest BCUT2D eigenvalue weighted by molar-refractivity contribution is 5.46. The van der Waals surface area contributed by atoms with Crippen LogP contribution in [0.5, 0.6) is 11.5 Å². The molecule has 0 unspecified atom stereocenters. The van der Waals surface area contributed by atoms with Gasteiger partial charge in [0.1, 0.15) is 5.82 Å². The van der Waals surface area contributed by atoms with Crippen molar-refractivity contribution in [1.29, 1.82) is 0 Å². The zero-order chi connectivity index (χ0) is 15.1. The summed E-state index contributed by atoms with van der Waals surface area (Å²) in [7, 11) is 3.69. The van der Waals surface area contributed by atoms with Crippen molar-refractivity contribution in [3.05, 3.63) is 42.0 Å². The lowest BCUT2D eigenvalue weighted by Gasteiger charge is -2.14. The monoisotopic (exact) mass is 289 g/mol. The molecule has 0 radical (unpaired) electrons. The first-order valence-electron chi connectivity index (χ1n) is 7.21. The molecule has 5 nitrogen and oxygen atoms in total. The summed E-state index contributed by atoms with van der Waals surface area (Å²) in [6.07, 6.45) is 4.69. The number of para-hydroxylation sites is 1. The lowest BCUT2D eigenvalue weighted by molar-refractivity contribution is 0.308. The van der Waals surface area contributed by atoms with Gasteiger partial charge < -0.3 is 19.4 Å². The molecule has 0 amide bonds. The molecule has 1 aromatic heterocycles. The van der Waals surface area contributed by atoms with Gasteiger partial charge in [0.2, 0.25) is 0 Å². The van der Waals surface area contributed by atoms with E-state index in [4.69, 9.17) is 9.47 Å². The van der Waals surface area contributed by atoms with Crippen LogP contribution in [0.25, 0.3) is 0 Å². The number of hydrogen-bond donors (Lipinski definition) is 1. The topological polar surface area (TPSA) is 48.3 Å². The second-order valence-corrected chi connectivity index (χ2v) is 4.76. The number of nitrogens with one attached hydrogen (secondary N) is 1. The molecule has 114 valence electrons. The molecule has 0 aliphatic carbocycles. The first kappa shape index (κ1) is 15.4. The van der Waals surface area contributed by atoms with Crippen molar-refractivity contribution in [2.45, 2.75) is 19.9 Å². The molecule has 1 aromatic carbocycles. The Morgan fingerprint density at radius 1 is 1.33 bits per heavy atom. The van der Waals surface area contributed by atoms with Gasteiger partial charge in [-0.15, -0.1) is 0 Å². The van der Waals surface area contributed by atoms with Gasteiger partial charge in [0.05, 0.1) is 13.7 Å². The largest absolute Gasteiger partial charge is 0.493 e. The van der Waals surface area contributed by atoms with Gasteiger partial charge in [-0.05, 0) is 13.0 Å². The summed E-state index contributed by atoms with van der Waals surface area (Å²) in [5.74, 6) is 2.68. The van der Waals surface area contributed by atoms with Gasteiger partial charge in [-0.1, -0.05) is 12.1 Å². The second kappa shape index (κ2) is 7.69. The zero-order valence-electron chi connectivity index (χ0n) is 12.9.